The molecule has 2 saturated heterocycles. The monoisotopic (exact) mass is 430 g/mol. The number of nitrogens with zero attached hydrogens (tertiary/aromatic N) is 3. The second-order valence-corrected chi connectivity index (χ2v) is 9.50. The van der Waals surface area contributed by atoms with Gasteiger partial charge in [-0.2, -0.15) is 0 Å². The molecule has 1 unspecified atom stereocenters. The Labute approximate surface area is 183 Å². The maximum Gasteiger partial charge on any atom is 0.223 e. The van der Waals surface area contributed by atoms with Gasteiger partial charge in [-0.15, -0.1) is 0 Å². The zero-order chi connectivity index (χ0) is 20.9. The molecule has 30 heavy (non-hydrogen) atoms. The van der Waals surface area contributed by atoms with Crippen molar-refractivity contribution < 1.29 is 9.53 Å². The molecule has 0 bridgehead atoms. The Morgan fingerprint density at radius 1 is 1.23 bits per heavy atom. The lowest BCUT2D eigenvalue weighted by Gasteiger charge is -2.34. The number of nitrogens with one attached hydrogen (secondary N) is 1. The Bertz CT molecular complexity index is 847. The van der Waals surface area contributed by atoms with Gasteiger partial charge in [0.2, 0.25) is 5.91 Å². The highest BCUT2D eigenvalue weighted by Gasteiger charge is 2.26. The van der Waals surface area contributed by atoms with Crippen LogP contribution in [0, 0.1) is 5.92 Å². The van der Waals surface area contributed by atoms with E-state index in [-0.39, 0.29) is 11.8 Å². The first-order valence-electron chi connectivity index (χ1n) is 11.4. The van der Waals surface area contributed by atoms with Gasteiger partial charge in [-0.1, -0.05) is 17.8 Å². The van der Waals surface area contributed by atoms with Crippen molar-refractivity contribution in [3.05, 3.63) is 18.2 Å². The molecule has 4 rings (SSSR count). The van der Waals surface area contributed by atoms with Crippen LogP contribution in [0.2, 0.25) is 0 Å². The number of ether oxygens (including phenoxy) is 1. The summed E-state index contributed by atoms with van der Waals surface area (Å²) in [5, 5.41) is 4.24. The predicted octanol–water partition coefficient (Wildman–Crippen LogP) is 3.90. The number of aromatic nitrogens is 1. The molecule has 1 atom stereocenters. The predicted molar refractivity (Wildman–Crippen MR) is 124 cm³/mol. The van der Waals surface area contributed by atoms with Crippen LogP contribution < -0.4 is 15.0 Å². The maximum atomic E-state index is 12.6. The second kappa shape index (κ2) is 9.96. The lowest BCUT2D eigenvalue weighted by Crippen LogP contribution is -2.45. The molecule has 0 radical (unpaired) electrons. The third-order valence-corrected chi connectivity index (χ3v) is 7.51. The topological polar surface area (TPSA) is 57.7 Å². The van der Waals surface area contributed by atoms with Gasteiger partial charge in [-0.25, -0.2) is 4.98 Å². The van der Waals surface area contributed by atoms with E-state index in [0.717, 1.165) is 60.1 Å². The molecule has 0 aliphatic carbocycles. The highest BCUT2D eigenvalue weighted by Crippen LogP contribution is 2.33. The van der Waals surface area contributed by atoms with E-state index in [1.165, 1.54) is 25.8 Å². The van der Waals surface area contributed by atoms with Crippen molar-refractivity contribution in [2.75, 3.05) is 44.2 Å². The SMILES string of the molecule is CCOc1ccc2nc(N3CCC(C(=O)NCCN4CCCCC4C)CC3)sc2c1. The third kappa shape index (κ3) is 5.06. The van der Waals surface area contributed by atoms with Crippen molar-refractivity contribution in [1.82, 2.24) is 15.2 Å². The highest BCUT2D eigenvalue weighted by molar-refractivity contribution is 7.22. The summed E-state index contributed by atoms with van der Waals surface area (Å²) in [6.07, 6.45) is 5.70. The third-order valence-electron chi connectivity index (χ3n) is 6.43. The fraction of sp³-hybridized carbons (Fsp3) is 0.652. The van der Waals surface area contributed by atoms with E-state index in [0.29, 0.717) is 12.6 Å². The van der Waals surface area contributed by atoms with Crippen LogP contribution in [0.1, 0.15) is 46.0 Å². The molecule has 2 aliphatic heterocycles. The van der Waals surface area contributed by atoms with E-state index in [1.54, 1.807) is 11.3 Å². The second-order valence-electron chi connectivity index (χ2n) is 8.49. The van der Waals surface area contributed by atoms with Crippen molar-refractivity contribution in [2.24, 2.45) is 5.92 Å². The van der Waals surface area contributed by atoms with Gasteiger partial charge in [0.05, 0.1) is 16.8 Å². The van der Waals surface area contributed by atoms with Crippen LogP contribution in [0.5, 0.6) is 5.75 Å². The van der Waals surface area contributed by atoms with Crippen LogP contribution in [0.4, 0.5) is 5.13 Å². The number of hydrogen-bond donors (Lipinski definition) is 1. The lowest BCUT2D eigenvalue weighted by molar-refractivity contribution is -0.125. The first-order chi connectivity index (χ1) is 14.6. The fourth-order valence-corrected chi connectivity index (χ4v) is 5.62. The maximum absolute atomic E-state index is 12.6. The number of benzene rings is 1. The van der Waals surface area contributed by atoms with Crippen LogP contribution >= 0.6 is 11.3 Å². The van der Waals surface area contributed by atoms with Gasteiger partial charge in [-0.3, -0.25) is 9.69 Å². The van der Waals surface area contributed by atoms with Gasteiger partial charge >= 0.3 is 0 Å². The molecule has 0 spiro atoms. The minimum atomic E-state index is 0.124. The van der Waals surface area contributed by atoms with Crippen LogP contribution in [0.3, 0.4) is 0 Å². The van der Waals surface area contributed by atoms with Gasteiger partial charge < -0.3 is 15.0 Å². The van der Waals surface area contributed by atoms with E-state index in [4.69, 9.17) is 9.72 Å². The minimum absolute atomic E-state index is 0.124. The average Bonchev–Trinajstić information content (AvgIpc) is 3.19. The first kappa shape index (κ1) is 21.4. The van der Waals surface area contributed by atoms with Gasteiger partial charge in [0.25, 0.3) is 0 Å². The van der Waals surface area contributed by atoms with Crippen molar-refractivity contribution in [3.8, 4) is 5.75 Å². The molecule has 0 saturated carbocycles. The largest absolute Gasteiger partial charge is 0.494 e. The van der Waals surface area contributed by atoms with Gasteiger partial charge in [-0.05, 0) is 64.3 Å². The first-order valence-corrected chi connectivity index (χ1v) is 12.3. The molecule has 6 nitrogen and oxygen atoms in total. The van der Waals surface area contributed by atoms with E-state index >= 15 is 0 Å². The normalized spacial score (nSPS) is 21.1. The summed E-state index contributed by atoms with van der Waals surface area (Å²) in [7, 11) is 0. The van der Waals surface area contributed by atoms with Crippen LogP contribution in [-0.2, 0) is 4.79 Å². The zero-order valence-electron chi connectivity index (χ0n) is 18.2. The standard InChI is InChI=1S/C23H34N4O2S/c1-3-29-19-7-8-20-21(16-19)30-23(25-20)27-13-9-18(10-14-27)22(28)24-11-15-26-12-5-4-6-17(26)2/h7-8,16-18H,3-6,9-15H2,1-2H3,(H,24,28). The molecule has 3 heterocycles. The molecular formula is C23H34N4O2S. The number of anilines is 1. The fourth-order valence-electron chi connectivity index (χ4n) is 4.57. The number of likely N-dealkylation sites (tertiary alicyclic amines) is 1. The smallest absolute Gasteiger partial charge is 0.223 e. The van der Waals surface area contributed by atoms with Crippen molar-refractivity contribution in [3.63, 3.8) is 0 Å². The van der Waals surface area contributed by atoms with E-state index in [2.05, 4.69) is 28.1 Å². The van der Waals surface area contributed by atoms with Gasteiger partial charge in [0.1, 0.15) is 5.75 Å². The molecule has 1 aromatic carbocycles. The summed E-state index contributed by atoms with van der Waals surface area (Å²) in [6.45, 7) is 9.66. The Kier molecular flexibility index (Phi) is 7.10. The van der Waals surface area contributed by atoms with Crippen LogP contribution in [0.15, 0.2) is 18.2 Å². The number of piperidine rings is 2. The molecule has 2 fully saturated rings. The van der Waals surface area contributed by atoms with E-state index in [9.17, 15) is 4.79 Å². The summed E-state index contributed by atoms with van der Waals surface area (Å²) < 4.78 is 6.76. The Balaban J connectivity index is 1.25. The number of rotatable bonds is 7. The molecule has 1 aromatic heterocycles. The number of thiazole rings is 1. The number of hydrogen-bond acceptors (Lipinski definition) is 6. The van der Waals surface area contributed by atoms with E-state index in [1.807, 2.05) is 19.1 Å². The summed E-state index contributed by atoms with van der Waals surface area (Å²) in [5.41, 5.74) is 1.02. The van der Waals surface area contributed by atoms with Crippen LogP contribution in [0.25, 0.3) is 10.2 Å². The Hall–Kier alpha value is -1.86. The molecule has 1 amide bonds. The zero-order valence-corrected chi connectivity index (χ0v) is 19.0. The number of carbonyl (C=O) groups excluding carboxylic acids is 1. The van der Waals surface area contributed by atoms with Crippen molar-refractivity contribution in [2.45, 2.75) is 52.0 Å². The van der Waals surface area contributed by atoms with Gasteiger partial charge in [0.15, 0.2) is 5.13 Å². The summed E-state index contributed by atoms with van der Waals surface area (Å²) in [6, 6.07) is 6.74. The molecule has 7 heteroatoms. The van der Waals surface area contributed by atoms with Gasteiger partial charge in [0, 0.05) is 38.1 Å². The molecule has 2 aliphatic rings. The summed E-state index contributed by atoms with van der Waals surface area (Å²) >= 11 is 1.71. The molecular weight excluding hydrogens is 396 g/mol. The number of amides is 1. The number of carbonyl (C=O) groups is 1. The Morgan fingerprint density at radius 3 is 2.83 bits per heavy atom. The molecule has 164 valence electrons. The van der Waals surface area contributed by atoms with E-state index < -0.39 is 0 Å². The molecule has 2 aromatic rings. The minimum Gasteiger partial charge on any atom is -0.494 e. The quantitative estimate of drug-likeness (QED) is 0.722. The number of fused-ring (bicyclic) bond motifs is 1. The summed E-state index contributed by atoms with van der Waals surface area (Å²) in [5.74, 6) is 1.25. The Morgan fingerprint density at radius 2 is 2.07 bits per heavy atom. The lowest BCUT2D eigenvalue weighted by atomic mass is 9.96. The van der Waals surface area contributed by atoms with Crippen LogP contribution in [-0.4, -0.2) is 61.2 Å². The highest BCUT2D eigenvalue weighted by atomic mass is 32.1. The molecule has 1 N–H and O–H groups in total. The van der Waals surface area contributed by atoms with Crippen molar-refractivity contribution >= 4 is 32.6 Å². The van der Waals surface area contributed by atoms with Crippen molar-refractivity contribution in [1.29, 1.82) is 0 Å². The average molecular weight is 431 g/mol. The summed E-state index contributed by atoms with van der Waals surface area (Å²) in [4.78, 5) is 22.3.